The minimum absolute atomic E-state index is 0.312. The Kier molecular flexibility index (Phi) is 3.59. The number of hydrogen-bond acceptors (Lipinski definition) is 3. The zero-order valence-corrected chi connectivity index (χ0v) is 10.5. The van der Waals surface area contributed by atoms with E-state index >= 15 is 0 Å². The summed E-state index contributed by atoms with van der Waals surface area (Å²) < 4.78 is 5.03. The van der Waals surface area contributed by atoms with E-state index in [0.717, 1.165) is 18.0 Å². The lowest BCUT2D eigenvalue weighted by Crippen LogP contribution is -2.18. The van der Waals surface area contributed by atoms with Crippen LogP contribution in [-0.2, 0) is 6.54 Å². The van der Waals surface area contributed by atoms with Crippen LogP contribution in [0.15, 0.2) is 34.9 Å². The van der Waals surface area contributed by atoms with Crippen molar-refractivity contribution in [3.8, 4) is 0 Å². The van der Waals surface area contributed by atoms with Crippen molar-refractivity contribution in [1.29, 1.82) is 0 Å². The molecule has 0 aliphatic heterocycles. The first-order chi connectivity index (χ1) is 8.15. The monoisotopic (exact) mass is 230 g/mol. The third-order valence-electron chi connectivity index (χ3n) is 2.81. The van der Waals surface area contributed by atoms with Crippen LogP contribution in [0.2, 0.25) is 0 Å². The lowest BCUT2D eigenvalue weighted by molar-refractivity contribution is 0.386. The molecule has 0 bridgehead atoms. The maximum atomic E-state index is 5.03. The minimum atomic E-state index is 0.312. The topological polar surface area (TPSA) is 38.1 Å². The Balaban J connectivity index is 1.95. The Hall–Kier alpha value is -1.61. The van der Waals surface area contributed by atoms with Crippen LogP contribution >= 0.6 is 0 Å². The molecule has 0 saturated heterocycles. The van der Waals surface area contributed by atoms with E-state index in [2.05, 4.69) is 48.6 Å². The van der Waals surface area contributed by atoms with Gasteiger partial charge in [-0.25, -0.2) is 0 Å². The molecule has 0 aliphatic rings. The van der Waals surface area contributed by atoms with Gasteiger partial charge in [-0.2, -0.15) is 0 Å². The summed E-state index contributed by atoms with van der Waals surface area (Å²) in [7, 11) is 0. The maximum absolute atomic E-state index is 5.03. The van der Waals surface area contributed by atoms with Crippen LogP contribution in [0.4, 0.5) is 0 Å². The Morgan fingerprint density at radius 1 is 1.29 bits per heavy atom. The molecule has 1 unspecified atom stereocenters. The third-order valence-corrected chi connectivity index (χ3v) is 2.81. The van der Waals surface area contributed by atoms with Crippen LogP contribution in [0.1, 0.15) is 35.5 Å². The minimum Gasteiger partial charge on any atom is -0.361 e. The number of hydrogen-bond donors (Lipinski definition) is 1. The fourth-order valence-electron chi connectivity index (χ4n) is 1.82. The van der Waals surface area contributed by atoms with Crippen molar-refractivity contribution in [2.24, 2.45) is 0 Å². The lowest BCUT2D eigenvalue weighted by atomic mass is 10.1. The molecule has 0 aliphatic carbocycles. The SMILES string of the molecule is Cc1cccc(C(C)NCc2cc(C)on2)c1. The van der Waals surface area contributed by atoms with Crippen molar-refractivity contribution < 1.29 is 4.52 Å². The van der Waals surface area contributed by atoms with E-state index in [1.165, 1.54) is 11.1 Å². The molecule has 2 rings (SSSR count). The first-order valence-electron chi connectivity index (χ1n) is 5.87. The fraction of sp³-hybridized carbons (Fsp3) is 0.357. The highest BCUT2D eigenvalue weighted by atomic mass is 16.5. The average molecular weight is 230 g/mol. The summed E-state index contributed by atoms with van der Waals surface area (Å²) in [6.45, 7) is 6.89. The van der Waals surface area contributed by atoms with Crippen molar-refractivity contribution in [2.75, 3.05) is 0 Å². The molecule has 0 spiro atoms. The first kappa shape index (κ1) is 11.9. The maximum Gasteiger partial charge on any atom is 0.133 e. The molecule has 17 heavy (non-hydrogen) atoms. The molecule has 0 radical (unpaired) electrons. The molecule has 0 saturated carbocycles. The fourth-order valence-corrected chi connectivity index (χ4v) is 1.82. The molecular formula is C14H18N2O. The summed E-state index contributed by atoms with van der Waals surface area (Å²) in [6, 6.07) is 10.8. The Labute approximate surface area is 102 Å². The molecule has 2 aromatic rings. The van der Waals surface area contributed by atoms with Gasteiger partial charge in [0, 0.05) is 18.7 Å². The van der Waals surface area contributed by atoms with Crippen LogP contribution in [0.3, 0.4) is 0 Å². The molecule has 0 amide bonds. The van der Waals surface area contributed by atoms with Gasteiger partial charge in [-0.15, -0.1) is 0 Å². The summed E-state index contributed by atoms with van der Waals surface area (Å²) in [6.07, 6.45) is 0. The zero-order valence-electron chi connectivity index (χ0n) is 10.5. The van der Waals surface area contributed by atoms with E-state index in [4.69, 9.17) is 4.52 Å². The van der Waals surface area contributed by atoms with Gasteiger partial charge in [-0.05, 0) is 26.3 Å². The van der Waals surface area contributed by atoms with Crippen molar-refractivity contribution in [2.45, 2.75) is 33.4 Å². The predicted octanol–water partition coefficient (Wildman–Crippen LogP) is 3.14. The molecule has 1 heterocycles. The van der Waals surface area contributed by atoms with E-state index in [0.29, 0.717) is 6.04 Å². The molecule has 3 nitrogen and oxygen atoms in total. The van der Waals surface area contributed by atoms with Gasteiger partial charge in [-0.1, -0.05) is 35.0 Å². The number of rotatable bonds is 4. The number of benzene rings is 1. The normalized spacial score (nSPS) is 12.6. The van der Waals surface area contributed by atoms with E-state index < -0.39 is 0 Å². The highest BCUT2D eigenvalue weighted by Gasteiger charge is 2.06. The summed E-state index contributed by atoms with van der Waals surface area (Å²) in [4.78, 5) is 0. The van der Waals surface area contributed by atoms with Crippen LogP contribution in [-0.4, -0.2) is 5.16 Å². The number of nitrogens with zero attached hydrogens (tertiary/aromatic N) is 1. The van der Waals surface area contributed by atoms with E-state index in [1.54, 1.807) is 0 Å². The van der Waals surface area contributed by atoms with E-state index in [-0.39, 0.29) is 0 Å². The lowest BCUT2D eigenvalue weighted by Gasteiger charge is -2.13. The summed E-state index contributed by atoms with van der Waals surface area (Å²) in [5, 5.41) is 7.39. The summed E-state index contributed by atoms with van der Waals surface area (Å²) >= 11 is 0. The van der Waals surface area contributed by atoms with Gasteiger partial charge in [0.15, 0.2) is 0 Å². The molecular weight excluding hydrogens is 212 g/mol. The second-order valence-corrected chi connectivity index (χ2v) is 4.45. The summed E-state index contributed by atoms with van der Waals surface area (Å²) in [5.74, 6) is 0.852. The van der Waals surface area contributed by atoms with Crippen LogP contribution in [0, 0.1) is 13.8 Å². The second kappa shape index (κ2) is 5.15. The van der Waals surface area contributed by atoms with Crippen LogP contribution in [0.5, 0.6) is 0 Å². The van der Waals surface area contributed by atoms with E-state index in [9.17, 15) is 0 Å². The molecule has 3 heteroatoms. The second-order valence-electron chi connectivity index (χ2n) is 4.45. The summed E-state index contributed by atoms with van der Waals surface area (Å²) in [5.41, 5.74) is 3.53. The van der Waals surface area contributed by atoms with Gasteiger partial charge in [0.25, 0.3) is 0 Å². The smallest absolute Gasteiger partial charge is 0.133 e. The predicted molar refractivity (Wildman–Crippen MR) is 67.7 cm³/mol. The first-order valence-corrected chi connectivity index (χ1v) is 5.87. The van der Waals surface area contributed by atoms with Crippen LogP contribution < -0.4 is 5.32 Å². The van der Waals surface area contributed by atoms with Crippen molar-refractivity contribution in [3.63, 3.8) is 0 Å². The largest absolute Gasteiger partial charge is 0.361 e. The van der Waals surface area contributed by atoms with Gasteiger partial charge in [0.1, 0.15) is 5.76 Å². The number of aromatic nitrogens is 1. The van der Waals surface area contributed by atoms with Crippen molar-refractivity contribution >= 4 is 0 Å². The van der Waals surface area contributed by atoms with Crippen molar-refractivity contribution in [1.82, 2.24) is 10.5 Å². The van der Waals surface area contributed by atoms with E-state index in [1.807, 2.05) is 13.0 Å². The number of nitrogens with one attached hydrogen (secondary N) is 1. The van der Waals surface area contributed by atoms with Gasteiger partial charge in [0.2, 0.25) is 0 Å². The Morgan fingerprint density at radius 2 is 2.12 bits per heavy atom. The standard InChI is InChI=1S/C14H18N2O/c1-10-5-4-6-13(7-10)12(3)15-9-14-8-11(2)17-16-14/h4-8,12,15H,9H2,1-3H3. The highest BCUT2D eigenvalue weighted by molar-refractivity contribution is 5.24. The molecule has 1 aromatic heterocycles. The molecule has 1 atom stereocenters. The van der Waals surface area contributed by atoms with Gasteiger partial charge in [0.05, 0.1) is 5.69 Å². The molecule has 0 fully saturated rings. The van der Waals surface area contributed by atoms with Gasteiger partial charge >= 0.3 is 0 Å². The Morgan fingerprint density at radius 3 is 2.76 bits per heavy atom. The quantitative estimate of drug-likeness (QED) is 0.876. The zero-order chi connectivity index (χ0) is 12.3. The molecule has 1 N–H and O–H groups in total. The van der Waals surface area contributed by atoms with Gasteiger partial charge < -0.3 is 9.84 Å². The molecule has 1 aromatic carbocycles. The number of aryl methyl sites for hydroxylation is 2. The van der Waals surface area contributed by atoms with Gasteiger partial charge in [-0.3, -0.25) is 0 Å². The molecule has 90 valence electrons. The third kappa shape index (κ3) is 3.17. The average Bonchev–Trinajstić information content (AvgIpc) is 2.72. The highest BCUT2D eigenvalue weighted by Crippen LogP contribution is 2.14. The van der Waals surface area contributed by atoms with Crippen molar-refractivity contribution in [3.05, 3.63) is 52.9 Å². The Bertz CT molecular complexity index is 490. The van der Waals surface area contributed by atoms with Crippen LogP contribution in [0.25, 0.3) is 0 Å².